The average molecular weight is 826 g/mol. The highest BCUT2D eigenvalue weighted by atomic mass is 15.1. The molecule has 6 aromatic carbocycles. The zero-order chi connectivity index (χ0) is 43.3. The van der Waals surface area contributed by atoms with Crippen molar-refractivity contribution in [2.75, 3.05) is 4.90 Å². The van der Waals surface area contributed by atoms with Gasteiger partial charge in [0.2, 0.25) is 0 Å². The van der Waals surface area contributed by atoms with E-state index < -0.39 is 0 Å². The topological polar surface area (TPSA) is 3.24 Å². The first-order chi connectivity index (χ1) is 31.6. The minimum absolute atomic E-state index is 0.155. The monoisotopic (exact) mass is 825 g/mol. The quantitative estimate of drug-likeness (QED) is 0.0828. The zero-order valence-electron chi connectivity index (χ0n) is 36.7. The smallest absolute Gasteiger partial charge is 0.0643 e. The van der Waals surface area contributed by atoms with Crippen LogP contribution in [-0.2, 0) is 18.3 Å². The minimum Gasteiger partial charge on any atom is -0.317 e. The Morgan fingerprint density at radius 3 is 2.12 bits per heavy atom. The van der Waals surface area contributed by atoms with Gasteiger partial charge in [0.15, 0.2) is 0 Å². The first kappa shape index (κ1) is 40.8. The number of anilines is 1. The molecule has 2 unspecified atom stereocenters. The first-order valence-corrected chi connectivity index (χ1v) is 23.1. The van der Waals surface area contributed by atoms with Gasteiger partial charge in [0, 0.05) is 23.4 Å². The van der Waals surface area contributed by atoms with Crippen molar-refractivity contribution in [3.05, 3.63) is 275 Å². The molecule has 0 heterocycles. The Morgan fingerprint density at radius 2 is 1.36 bits per heavy atom. The summed E-state index contributed by atoms with van der Waals surface area (Å²) < 4.78 is 0. The van der Waals surface area contributed by atoms with Crippen molar-refractivity contribution in [3.8, 4) is 22.3 Å². The number of hydrogen-bond donors (Lipinski definition) is 0. The number of hydrogen-bond acceptors (Lipinski definition) is 1. The van der Waals surface area contributed by atoms with E-state index in [2.05, 4.69) is 230 Å². The molecule has 0 amide bonds. The lowest BCUT2D eigenvalue weighted by Crippen LogP contribution is -2.26. The van der Waals surface area contributed by atoms with Gasteiger partial charge in [0.05, 0.1) is 11.1 Å². The molecule has 10 rings (SSSR count). The third kappa shape index (κ3) is 7.77. The summed E-state index contributed by atoms with van der Waals surface area (Å²) in [5, 5.41) is 0. The molecule has 0 fully saturated rings. The summed E-state index contributed by atoms with van der Waals surface area (Å²) >= 11 is 0. The van der Waals surface area contributed by atoms with E-state index in [0.29, 0.717) is 0 Å². The summed E-state index contributed by atoms with van der Waals surface area (Å²) in [6, 6.07) is 50.7. The van der Waals surface area contributed by atoms with E-state index in [0.717, 1.165) is 67.5 Å². The lowest BCUT2D eigenvalue weighted by Gasteiger charge is -2.33. The molecule has 0 saturated carbocycles. The summed E-state index contributed by atoms with van der Waals surface area (Å²) in [6.45, 7) is 9.24. The molecular formula is C63H55N. The summed E-state index contributed by atoms with van der Waals surface area (Å²) in [6.07, 6.45) is 37.6. The fraction of sp³-hybridized carbons (Fsp3) is 0.143. The van der Waals surface area contributed by atoms with E-state index in [1.165, 1.54) is 61.2 Å². The van der Waals surface area contributed by atoms with Gasteiger partial charge in [-0.15, -0.1) is 6.58 Å². The van der Waals surface area contributed by atoms with E-state index in [9.17, 15) is 0 Å². The number of fused-ring (bicyclic) bond motifs is 4. The van der Waals surface area contributed by atoms with Crippen molar-refractivity contribution in [2.45, 2.75) is 56.3 Å². The maximum Gasteiger partial charge on any atom is 0.0643 e. The second-order valence-corrected chi connectivity index (χ2v) is 17.4. The molecule has 4 aliphatic carbocycles. The van der Waals surface area contributed by atoms with E-state index in [4.69, 9.17) is 6.58 Å². The lowest BCUT2D eigenvalue weighted by atomic mass is 9.69. The molecule has 0 spiro atoms. The van der Waals surface area contributed by atoms with Crippen LogP contribution in [0.3, 0.4) is 0 Å². The molecule has 2 atom stereocenters. The van der Waals surface area contributed by atoms with Gasteiger partial charge in [-0.3, -0.25) is 0 Å². The third-order valence-electron chi connectivity index (χ3n) is 13.6. The summed E-state index contributed by atoms with van der Waals surface area (Å²) in [5.74, 6) is 0.155. The summed E-state index contributed by atoms with van der Waals surface area (Å²) in [5.41, 5.74) is 19.8. The van der Waals surface area contributed by atoms with Gasteiger partial charge < -0.3 is 4.90 Å². The van der Waals surface area contributed by atoms with Gasteiger partial charge in [0.1, 0.15) is 0 Å². The van der Waals surface area contributed by atoms with Gasteiger partial charge in [-0.05, 0) is 135 Å². The average Bonchev–Trinajstić information content (AvgIpc) is 3.71. The van der Waals surface area contributed by atoms with E-state index in [1.807, 2.05) is 0 Å². The van der Waals surface area contributed by atoms with Crippen molar-refractivity contribution in [1.82, 2.24) is 0 Å². The van der Waals surface area contributed by atoms with Crippen LogP contribution in [0.25, 0.3) is 40.0 Å². The van der Waals surface area contributed by atoms with Gasteiger partial charge in [-0.25, -0.2) is 0 Å². The van der Waals surface area contributed by atoms with Gasteiger partial charge in [-0.2, -0.15) is 0 Å². The fourth-order valence-corrected chi connectivity index (χ4v) is 10.5. The number of allylic oxidation sites excluding steroid dienone is 12. The Labute approximate surface area is 380 Å². The second-order valence-electron chi connectivity index (χ2n) is 17.4. The van der Waals surface area contributed by atoms with Crippen molar-refractivity contribution in [2.24, 2.45) is 0 Å². The molecule has 4 aliphatic rings. The highest BCUT2D eigenvalue weighted by Crippen LogP contribution is 2.51. The Hall–Kier alpha value is -7.22. The highest BCUT2D eigenvalue weighted by molar-refractivity contribution is 5.89. The molecule has 0 bridgehead atoms. The van der Waals surface area contributed by atoms with Crippen molar-refractivity contribution in [1.29, 1.82) is 0 Å². The van der Waals surface area contributed by atoms with E-state index in [-0.39, 0.29) is 11.3 Å². The SMILES string of the molecule is C=CC(C/C=C/N(C(=C)/C=C\C1=CC(C2=CCCC=C2)(c2ccccc2)c2ccccc21)c1ccc(-c2ccccc2)cc1-c1ccccc1)c1cc2c(c3c1C=CCC3)CCC=C2. The third-order valence-corrected chi connectivity index (χ3v) is 13.6. The Morgan fingerprint density at radius 1 is 0.656 bits per heavy atom. The van der Waals surface area contributed by atoms with Gasteiger partial charge >= 0.3 is 0 Å². The van der Waals surface area contributed by atoms with Crippen LogP contribution >= 0.6 is 0 Å². The summed E-state index contributed by atoms with van der Waals surface area (Å²) in [4.78, 5) is 2.29. The van der Waals surface area contributed by atoms with Crippen LogP contribution in [0, 0.1) is 0 Å². The van der Waals surface area contributed by atoms with Crippen LogP contribution in [0.4, 0.5) is 5.69 Å². The molecule has 1 nitrogen and oxygen atoms in total. The maximum atomic E-state index is 4.83. The highest BCUT2D eigenvalue weighted by Gasteiger charge is 2.41. The van der Waals surface area contributed by atoms with Gasteiger partial charge in [-0.1, -0.05) is 201 Å². The zero-order valence-corrected chi connectivity index (χ0v) is 36.7. The van der Waals surface area contributed by atoms with Crippen molar-refractivity contribution < 1.29 is 0 Å². The number of rotatable bonds is 13. The van der Waals surface area contributed by atoms with Gasteiger partial charge in [0.25, 0.3) is 0 Å². The van der Waals surface area contributed by atoms with Crippen molar-refractivity contribution in [3.63, 3.8) is 0 Å². The normalized spacial score (nSPS) is 17.7. The maximum absolute atomic E-state index is 4.83. The Kier molecular flexibility index (Phi) is 11.6. The van der Waals surface area contributed by atoms with Crippen LogP contribution < -0.4 is 4.90 Å². The predicted molar refractivity (Wildman–Crippen MR) is 274 cm³/mol. The summed E-state index contributed by atoms with van der Waals surface area (Å²) in [7, 11) is 0. The molecule has 0 aromatic heterocycles. The van der Waals surface area contributed by atoms with Crippen LogP contribution in [0.15, 0.2) is 231 Å². The Bertz CT molecular complexity index is 2930. The molecular weight excluding hydrogens is 771 g/mol. The molecule has 312 valence electrons. The fourth-order valence-electron chi connectivity index (χ4n) is 10.5. The van der Waals surface area contributed by atoms with Crippen LogP contribution in [0.5, 0.6) is 0 Å². The molecule has 1 heteroatoms. The number of benzene rings is 6. The second kappa shape index (κ2) is 18.2. The standard InChI is InChI=1S/C63H55N/c1-3-47(59-44-51-27-16-17-33-55(51)57-35-18-19-36-58(57)59)28-22-42-64(62-41-40-50(48-23-8-4-9-24-48)43-60(62)49-25-10-5-11-26-49)46(2)38-39-52-45-63(53-29-12-6-13-30-53,54-31-14-7-15-32-54)61-37-21-20-34-56(52)61/h3-6,8-14,16,19-27,29-32,34,36-45,47H,1-2,7,15,17-18,28,33,35H2/b39-38-,42-22+. The first-order valence-electron chi connectivity index (χ1n) is 23.1. The molecule has 64 heavy (non-hydrogen) atoms. The molecule has 6 aromatic rings. The molecule has 0 radical (unpaired) electrons. The minimum atomic E-state index is -0.385. The lowest BCUT2D eigenvalue weighted by molar-refractivity contribution is 0.774. The van der Waals surface area contributed by atoms with Crippen LogP contribution in [0.2, 0.25) is 0 Å². The molecule has 0 N–H and O–H groups in total. The van der Waals surface area contributed by atoms with E-state index >= 15 is 0 Å². The van der Waals surface area contributed by atoms with Crippen molar-refractivity contribution >= 4 is 23.4 Å². The van der Waals surface area contributed by atoms with E-state index in [1.54, 1.807) is 5.56 Å². The Balaban J connectivity index is 1.07. The number of nitrogens with zero attached hydrogens (tertiary/aromatic N) is 1. The van der Waals surface area contributed by atoms with Crippen LogP contribution in [0.1, 0.15) is 82.5 Å². The van der Waals surface area contributed by atoms with Crippen LogP contribution in [-0.4, -0.2) is 0 Å². The molecule has 0 aliphatic heterocycles. The molecule has 0 saturated heterocycles. The predicted octanol–water partition coefficient (Wildman–Crippen LogP) is 16.3. The largest absolute Gasteiger partial charge is 0.317 e.